The minimum atomic E-state index is -1.21. The van der Waals surface area contributed by atoms with E-state index in [1.54, 1.807) is 0 Å². The molecule has 1 saturated heterocycles. The summed E-state index contributed by atoms with van der Waals surface area (Å²) < 4.78 is 4.78. The molecular weight excluding hydrogens is 232 g/mol. The van der Waals surface area contributed by atoms with E-state index in [0.717, 1.165) is 0 Å². The lowest BCUT2D eigenvalue weighted by Gasteiger charge is -2.37. The van der Waals surface area contributed by atoms with Crippen molar-refractivity contribution < 1.29 is 25.2 Å². The molecule has 0 aliphatic carbocycles. The summed E-state index contributed by atoms with van der Waals surface area (Å²) in [7, 11) is 0. The summed E-state index contributed by atoms with van der Waals surface area (Å²) in [5, 5.41) is 36.3. The van der Waals surface area contributed by atoms with Gasteiger partial charge in [0.05, 0.1) is 17.5 Å². The van der Waals surface area contributed by atoms with Gasteiger partial charge in [-0.2, -0.15) is 0 Å². The average molecular weight is 243 g/mol. The van der Waals surface area contributed by atoms with Crippen LogP contribution in [0, 0.1) is 0 Å². The number of alkyl halides is 1. The molecule has 0 aromatic rings. The van der Waals surface area contributed by atoms with Gasteiger partial charge >= 0.3 is 0 Å². The van der Waals surface area contributed by atoms with Crippen LogP contribution in [-0.2, 0) is 4.74 Å². The maximum Gasteiger partial charge on any atom is 0.170 e. The van der Waals surface area contributed by atoms with E-state index >= 15 is 0 Å². The van der Waals surface area contributed by atoms with Crippen LogP contribution >= 0.6 is 15.9 Å². The van der Waals surface area contributed by atoms with Crippen molar-refractivity contribution in [1.82, 2.24) is 0 Å². The highest BCUT2D eigenvalue weighted by molar-refractivity contribution is 9.09. The van der Waals surface area contributed by atoms with Crippen molar-refractivity contribution in [2.24, 2.45) is 0 Å². The van der Waals surface area contributed by atoms with Crippen molar-refractivity contribution in [3.05, 3.63) is 0 Å². The fourth-order valence-corrected chi connectivity index (χ4v) is 1.50. The van der Waals surface area contributed by atoms with Crippen LogP contribution in [0.2, 0.25) is 0 Å². The first kappa shape index (κ1) is 10.4. The highest BCUT2D eigenvalue weighted by Gasteiger charge is 2.42. The summed E-state index contributed by atoms with van der Waals surface area (Å²) >= 11 is 2.95. The summed E-state index contributed by atoms with van der Waals surface area (Å²) in [5.41, 5.74) is 0. The van der Waals surface area contributed by atoms with E-state index in [9.17, 15) is 10.2 Å². The molecule has 72 valence electrons. The fourth-order valence-electron chi connectivity index (χ4n) is 1.06. The van der Waals surface area contributed by atoms with Crippen LogP contribution in [-0.4, -0.2) is 56.5 Å². The van der Waals surface area contributed by atoms with Gasteiger partial charge < -0.3 is 25.2 Å². The Labute approximate surface area is 77.7 Å². The van der Waals surface area contributed by atoms with Crippen LogP contribution in [0.5, 0.6) is 0 Å². The van der Waals surface area contributed by atoms with Gasteiger partial charge in [-0.1, -0.05) is 15.9 Å². The molecule has 0 aromatic carbocycles. The molecule has 0 spiro atoms. The molecule has 0 aromatic heterocycles. The normalized spacial score (nSPS) is 49.2. The number of hydrogen-bond acceptors (Lipinski definition) is 5. The number of hydrogen-bond donors (Lipinski definition) is 4. The lowest BCUT2D eigenvalue weighted by Crippen LogP contribution is -2.56. The molecule has 5 atom stereocenters. The van der Waals surface area contributed by atoms with Gasteiger partial charge in [-0.25, -0.2) is 0 Å². The molecule has 1 fully saturated rings. The van der Waals surface area contributed by atoms with Crippen molar-refractivity contribution in [3.8, 4) is 0 Å². The molecule has 5 nitrogen and oxygen atoms in total. The van der Waals surface area contributed by atoms with Gasteiger partial charge in [0.1, 0.15) is 12.2 Å². The zero-order chi connectivity index (χ0) is 9.30. The predicted octanol–water partition coefficient (Wildman–Crippen LogP) is -1.82. The minimum Gasteiger partial charge on any atom is -0.394 e. The lowest BCUT2D eigenvalue weighted by molar-refractivity contribution is -0.233. The van der Waals surface area contributed by atoms with E-state index in [2.05, 4.69) is 15.9 Å². The molecule has 4 N–H and O–H groups in total. The number of aliphatic hydroxyl groups is 4. The average Bonchev–Trinajstić information content (AvgIpc) is 2.08. The quantitative estimate of drug-likeness (QED) is 0.407. The standard InChI is InChI=1S/C6H11BrO5/c7-3-5(10)4(9)2(1-8)12-6(3)11/h2-6,8-11H,1H2/t2?,3-,4-,5?,6-/m1/s1. The lowest BCUT2D eigenvalue weighted by atomic mass is 10.0. The summed E-state index contributed by atoms with van der Waals surface area (Å²) in [6.07, 6.45) is -4.45. The SMILES string of the molecule is OCC1O[C@@H](O)[C@H](Br)C(O)[C@@H]1O. The van der Waals surface area contributed by atoms with Crippen molar-refractivity contribution in [2.75, 3.05) is 6.61 Å². The largest absolute Gasteiger partial charge is 0.394 e. The van der Waals surface area contributed by atoms with Gasteiger partial charge in [-0.15, -0.1) is 0 Å². The van der Waals surface area contributed by atoms with Crippen LogP contribution < -0.4 is 0 Å². The molecule has 0 amide bonds. The van der Waals surface area contributed by atoms with Crippen LogP contribution in [0.1, 0.15) is 0 Å². The fraction of sp³-hybridized carbons (Fsp3) is 1.00. The summed E-state index contributed by atoms with van der Waals surface area (Å²) in [6, 6.07) is 0. The second kappa shape index (κ2) is 3.99. The Morgan fingerprint density at radius 2 is 1.75 bits per heavy atom. The van der Waals surface area contributed by atoms with Crippen molar-refractivity contribution in [1.29, 1.82) is 0 Å². The van der Waals surface area contributed by atoms with Crippen molar-refractivity contribution >= 4 is 15.9 Å². The van der Waals surface area contributed by atoms with Crippen LogP contribution in [0.25, 0.3) is 0 Å². The van der Waals surface area contributed by atoms with Gasteiger partial charge in [0.25, 0.3) is 0 Å². The Bertz CT molecular complexity index is 150. The van der Waals surface area contributed by atoms with Crippen molar-refractivity contribution in [2.45, 2.75) is 29.4 Å². The van der Waals surface area contributed by atoms with Crippen LogP contribution in [0.15, 0.2) is 0 Å². The van der Waals surface area contributed by atoms with Gasteiger partial charge in [0.2, 0.25) is 0 Å². The molecule has 1 rings (SSSR count). The summed E-state index contributed by atoms with van der Waals surface area (Å²) in [5.74, 6) is 0. The van der Waals surface area contributed by atoms with Crippen molar-refractivity contribution in [3.63, 3.8) is 0 Å². The third kappa shape index (κ3) is 1.78. The van der Waals surface area contributed by atoms with E-state index in [1.807, 2.05) is 0 Å². The first-order valence-corrected chi connectivity index (χ1v) is 4.44. The molecule has 6 heteroatoms. The zero-order valence-corrected chi connectivity index (χ0v) is 7.75. The van der Waals surface area contributed by atoms with E-state index in [-0.39, 0.29) is 0 Å². The van der Waals surface area contributed by atoms with E-state index in [0.29, 0.717) is 0 Å². The highest BCUT2D eigenvalue weighted by Crippen LogP contribution is 2.24. The number of ether oxygens (including phenoxy) is 1. The van der Waals surface area contributed by atoms with Gasteiger partial charge in [0, 0.05) is 0 Å². The minimum absolute atomic E-state index is 0.436. The summed E-state index contributed by atoms with van der Waals surface area (Å²) in [6.45, 7) is -0.436. The molecule has 0 bridgehead atoms. The van der Waals surface area contributed by atoms with Gasteiger partial charge in [-0.05, 0) is 0 Å². The van der Waals surface area contributed by atoms with Gasteiger partial charge in [0.15, 0.2) is 6.29 Å². The monoisotopic (exact) mass is 242 g/mol. The third-order valence-electron chi connectivity index (χ3n) is 1.82. The van der Waals surface area contributed by atoms with E-state index in [1.165, 1.54) is 0 Å². The van der Waals surface area contributed by atoms with Crippen LogP contribution in [0.4, 0.5) is 0 Å². The third-order valence-corrected chi connectivity index (χ3v) is 2.82. The molecule has 12 heavy (non-hydrogen) atoms. The molecule has 1 aliphatic heterocycles. The maximum atomic E-state index is 9.27. The predicted molar refractivity (Wildman–Crippen MR) is 42.7 cm³/mol. The second-order valence-corrected chi connectivity index (χ2v) is 3.73. The smallest absolute Gasteiger partial charge is 0.170 e. The Hall–Kier alpha value is 0.280. The molecule has 1 aliphatic rings. The van der Waals surface area contributed by atoms with Gasteiger partial charge in [-0.3, -0.25) is 0 Å². The molecule has 2 unspecified atom stereocenters. The first-order chi connectivity index (χ1) is 5.57. The highest BCUT2D eigenvalue weighted by atomic mass is 79.9. The Morgan fingerprint density at radius 3 is 2.25 bits per heavy atom. The Kier molecular flexibility index (Phi) is 3.45. The van der Waals surface area contributed by atoms with E-state index in [4.69, 9.17) is 14.9 Å². The summed E-state index contributed by atoms with van der Waals surface area (Å²) in [4.78, 5) is -0.727. The van der Waals surface area contributed by atoms with Crippen LogP contribution in [0.3, 0.4) is 0 Å². The topological polar surface area (TPSA) is 90.2 Å². The zero-order valence-electron chi connectivity index (χ0n) is 6.17. The molecule has 1 heterocycles. The Balaban J connectivity index is 2.63. The number of halogens is 1. The number of aliphatic hydroxyl groups excluding tert-OH is 4. The maximum absolute atomic E-state index is 9.27. The molecular formula is C6H11BrO5. The first-order valence-electron chi connectivity index (χ1n) is 3.52. The molecule has 0 saturated carbocycles. The van der Waals surface area contributed by atoms with E-state index < -0.39 is 36.0 Å². The number of rotatable bonds is 1. The molecule has 0 radical (unpaired) electrons. The second-order valence-electron chi connectivity index (χ2n) is 2.67. The Morgan fingerprint density at radius 1 is 1.17 bits per heavy atom.